The van der Waals surface area contributed by atoms with Crippen LogP contribution in [0.4, 0.5) is 10.4 Å². The maximum absolute atomic E-state index is 13.4. The molecule has 4 nitrogen and oxygen atoms in total. The van der Waals surface area contributed by atoms with Gasteiger partial charge in [0.1, 0.15) is 11.3 Å². The number of piperidine rings is 1. The first-order chi connectivity index (χ1) is 12.6. The van der Waals surface area contributed by atoms with E-state index in [9.17, 15) is 4.39 Å². The van der Waals surface area contributed by atoms with Crippen LogP contribution in [-0.2, 0) is 6.54 Å². The number of fused-ring (bicyclic) bond motifs is 1. The van der Waals surface area contributed by atoms with Crippen LogP contribution in [0.15, 0.2) is 52.9 Å². The van der Waals surface area contributed by atoms with Crippen molar-refractivity contribution in [2.24, 2.45) is 5.92 Å². The Morgan fingerprint density at radius 1 is 1.23 bits per heavy atom. The summed E-state index contributed by atoms with van der Waals surface area (Å²) >= 11 is 0. The van der Waals surface area contributed by atoms with Crippen molar-refractivity contribution in [2.75, 3.05) is 25.0 Å². The number of hydrogen-bond donors (Lipinski definition) is 0. The normalized spacial score (nSPS) is 21.2. The van der Waals surface area contributed by atoms with Crippen LogP contribution in [-0.4, -0.2) is 36.1 Å². The van der Waals surface area contributed by atoms with Crippen LogP contribution in [0.3, 0.4) is 0 Å². The Balaban J connectivity index is 1.52. The molecule has 26 heavy (non-hydrogen) atoms. The highest BCUT2D eigenvalue weighted by Crippen LogP contribution is 2.28. The van der Waals surface area contributed by atoms with Crippen molar-refractivity contribution in [2.45, 2.75) is 25.9 Å². The Morgan fingerprint density at radius 3 is 2.85 bits per heavy atom. The van der Waals surface area contributed by atoms with Gasteiger partial charge >= 0.3 is 0 Å². The zero-order chi connectivity index (χ0) is 18.1. The van der Waals surface area contributed by atoms with Crippen molar-refractivity contribution in [1.82, 2.24) is 9.88 Å². The van der Waals surface area contributed by atoms with Gasteiger partial charge in [-0.2, -0.15) is 4.98 Å². The number of nitrogens with zero attached hydrogens (tertiary/aromatic N) is 3. The number of oxazole rings is 1. The van der Waals surface area contributed by atoms with Gasteiger partial charge in [0, 0.05) is 32.2 Å². The van der Waals surface area contributed by atoms with Gasteiger partial charge in [-0.1, -0.05) is 37.3 Å². The summed E-state index contributed by atoms with van der Waals surface area (Å²) in [6.45, 7) is 5.29. The summed E-state index contributed by atoms with van der Waals surface area (Å²) in [5.41, 5.74) is 2.52. The summed E-state index contributed by atoms with van der Waals surface area (Å²) in [5, 5.41) is 0. The smallest absolute Gasteiger partial charge is 0.298 e. The van der Waals surface area contributed by atoms with Crippen LogP contribution in [0.5, 0.6) is 0 Å². The SMILES string of the molecule is C[C@@H]1CCN(Cc2ccccc2)C[C@@H]1N(C)c1nc2ccc(F)cc2o1. The first-order valence-corrected chi connectivity index (χ1v) is 9.15. The summed E-state index contributed by atoms with van der Waals surface area (Å²) in [5.74, 6) is 0.238. The van der Waals surface area contributed by atoms with Gasteiger partial charge in [0.15, 0.2) is 5.58 Å². The van der Waals surface area contributed by atoms with Gasteiger partial charge in [-0.25, -0.2) is 4.39 Å². The monoisotopic (exact) mass is 353 g/mol. The molecule has 2 atom stereocenters. The number of halogens is 1. The third kappa shape index (κ3) is 3.44. The summed E-state index contributed by atoms with van der Waals surface area (Å²) in [6.07, 6.45) is 1.14. The third-order valence-corrected chi connectivity index (χ3v) is 5.39. The molecule has 1 aromatic heterocycles. The Labute approximate surface area is 153 Å². The average molecular weight is 353 g/mol. The van der Waals surface area contributed by atoms with Gasteiger partial charge in [0.2, 0.25) is 0 Å². The predicted octanol–water partition coefficient (Wildman–Crippen LogP) is 4.31. The maximum atomic E-state index is 13.4. The van der Waals surface area contributed by atoms with Crippen LogP contribution < -0.4 is 4.90 Å². The van der Waals surface area contributed by atoms with E-state index in [0.717, 1.165) is 26.1 Å². The maximum Gasteiger partial charge on any atom is 0.298 e. The highest BCUT2D eigenvalue weighted by atomic mass is 19.1. The van der Waals surface area contributed by atoms with Crippen LogP contribution >= 0.6 is 0 Å². The molecule has 3 aromatic rings. The number of aromatic nitrogens is 1. The molecule has 1 aliphatic heterocycles. The molecule has 1 aliphatic rings. The zero-order valence-electron chi connectivity index (χ0n) is 15.2. The lowest BCUT2D eigenvalue weighted by Crippen LogP contribution is -2.50. The van der Waals surface area contributed by atoms with E-state index in [1.807, 2.05) is 7.05 Å². The first kappa shape index (κ1) is 17.0. The molecule has 1 saturated heterocycles. The largest absolute Gasteiger partial charge is 0.423 e. The minimum Gasteiger partial charge on any atom is -0.423 e. The van der Waals surface area contributed by atoms with E-state index in [0.29, 0.717) is 29.1 Å². The van der Waals surface area contributed by atoms with Gasteiger partial charge < -0.3 is 9.32 Å². The lowest BCUT2D eigenvalue weighted by molar-refractivity contribution is 0.157. The van der Waals surface area contributed by atoms with Gasteiger partial charge in [0.05, 0.1) is 0 Å². The fraction of sp³-hybridized carbons (Fsp3) is 0.381. The van der Waals surface area contributed by atoms with Crippen molar-refractivity contribution in [3.8, 4) is 0 Å². The average Bonchev–Trinajstić information content (AvgIpc) is 3.07. The van der Waals surface area contributed by atoms with Crippen molar-refractivity contribution in [1.29, 1.82) is 0 Å². The number of benzene rings is 2. The van der Waals surface area contributed by atoms with Crippen molar-refractivity contribution in [3.63, 3.8) is 0 Å². The van der Waals surface area contributed by atoms with Crippen LogP contribution in [0.1, 0.15) is 18.9 Å². The molecule has 0 spiro atoms. The minimum atomic E-state index is -0.303. The topological polar surface area (TPSA) is 32.5 Å². The summed E-state index contributed by atoms with van der Waals surface area (Å²) in [4.78, 5) is 9.14. The lowest BCUT2D eigenvalue weighted by atomic mass is 9.92. The molecule has 4 rings (SSSR count). The van der Waals surface area contributed by atoms with E-state index in [4.69, 9.17) is 4.42 Å². The molecular weight excluding hydrogens is 329 g/mol. The molecule has 0 aliphatic carbocycles. The zero-order valence-corrected chi connectivity index (χ0v) is 15.2. The second-order valence-electron chi connectivity index (χ2n) is 7.27. The van der Waals surface area contributed by atoms with Crippen LogP contribution in [0, 0.1) is 11.7 Å². The Kier molecular flexibility index (Phi) is 4.64. The van der Waals surface area contributed by atoms with E-state index >= 15 is 0 Å². The van der Waals surface area contributed by atoms with Crippen molar-refractivity contribution >= 4 is 17.1 Å². The fourth-order valence-electron chi connectivity index (χ4n) is 3.78. The second-order valence-corrected chi connectivity index (χ2v) is 7.27. The van der Waals surface area contributed by atoms with Crippen molar-refractivity contribution < 1.29 is 8.81 Å². The summed E-state index contributed by atoms with van der Waals surface area (Å²) in [6, 6.07) is 15.9. The van der Waals surface area contributed by atoms with Gasteiger partial charge in [-0.15, -0.1) is 0 Å². The van der Waals surface area contributed by atoms with Gasteiger partial charge in [-0.3, -0.25) is 4.90 Å². The standard InChI is InChI=1S/C21H24FN3O/c1-15-10-11-25(13-16-6-4-3-5-7-16)14-19(15)24(2)21-23-18-9-8-17(22)12-20(18)26-21/h3-9,12,15,19H,10-11,13-14H2,1-2H3/t15-,19+/m1/s1. The molecule has 0 amide bonds. The Hall–Kier alpha value is -2.40. The molecule has 2 heterocycles. The van der Waals surface area contributed by atoms with Gasteiger partial charge in [0.25, 0.3) is 6.01 Å². The summed E-state index contributed by atoms with van der Waals surface area (Å²) in [7, 11) is 2.02. The molecule has 0 unspecified atom stereocenters. The molecular formula is C21H24FN3O. The number of likely N-dealkylation sites (tertiary alicyclic amines) is 1. The van der Waals surface area contributed by atoms with Gasteiger partial charge in [-0.05, 0) is 36.6 Å². The molecule has 1 fully saturated rings. The highest BCUT2D eigenvalue weighted by Gasteiger charge is 2.31. The molecule has 0 bridgehead atoms. The fourth-order valence-corrected chi connectivity index (χ4v) is 3.78. The van der Waals surface area contributed by atoms with E-state index in [1.54, 1.807) is 6.07 Å². The number of rotatable bonds is 4. The second kappa shape index (κ2) is 7.08. The first-order valence-electron chi connectivity index (χ1n) is 9.15. The minimum absolute atomic E-state index is 0.303. The highest BCUT2D eigenvalue weighted by molar-refractivity contribution is 5.74. The number of likely N-dealkylation sites (N-methyl/N-ethyl adjacent to an activating group) is 1. The molecule has 136 valence electrons. The molecule has 5 heteroatoms. The van der Waals surface area contributed by atoms with Crippen LogP contribution in [0.2, 0.25) is 0 Å². The van der Waals surface area contributed by atoms with E-state index < -0.39 is 0 Å². The lowest BCUT2D eigenvalue weighted by Gasteiger charge is -2.41. The van der Waals surface area contributed by atoms with E-state index in [-0.39, 0.29) is 5.82 Å². The third-order valence-electron chi connectivity index (χ3n) is 5.39. The van der Waals surface area contributed by atoms with Crippen LogP contribution in [0.25, 0.3) is 11.1 Å². The number of anilines is 1. The van der Waals surface area contributed by atoms with E-state index in [1.165, 1.54) is 17.7 Å². The molecule has 0 N–H and O–H groups in total. The number of hydrogen-bond acceptors (Lipinski definition) is 4. The molecule has 0 saturated carbocycles. The molecule has 2 aromatic carbocycles. The Morgan fingerprint density at radius 2 is 2.04 bits per heavy atom. The molecule has 0 radical (unpaired) electrons. The quantitative estimate of drug-likeness (QED) is 0.699. The van der Waals surface area contributed by atoms with Crippen molar-refractivity contribution in [3.05, 3.63) is 59.9 Å². The summed E-state index contributed by atoms with van der Waals surface area (Å²) < 4.78 is 19.2. The predicted molar refractivity (Wildman–Crippen MR) is 102 cm³/mol. The van der Waals surface area contributed by atoms with E-state index in [2.05, 4.69) is 52.0 Å². The Bertz CT molecular complexity index is 879.